The Kier molecular flexibility index (Phi) is 4.85. The van der Waals surface area contributed by atoms with Gasteiger partial charge < -0.3 is 5.32 Å². The lowest BCUT2D eigenvalue weighted by Crippen LogP contribution is -2.26. The third kappa shape index (κ3) is 3.55. The summed E-state index contributed by atoms with van der Waals surface area (Å²) in [4.78, 5) is 12.1. The van der Waals surface area contributed by atoms with Gasteiger partial charge in [0.1, 0.15) is 29.4 Å². The van der Waals surface area contributed by atoms with E-state index < -0.39 is 29.8 Å². The van der Waals surface area contributed by atoms with E-state index in [1.54, 1.807) is 25.6 Å². The Morgan fingerprint density at radius 2 is 1.91 bits per heavy atom. The minimum Gasteiger partial charge on any atom is -0.325 e. The van der Waals surface area contributed by atoms with Crippen LogP contribution in [0.5, 0.6) is 0 Å². The van der Waals surface area contributed by atoms with E-state index in [2.05, 4.69) is 30.5 Å². The number of hydrogen-bond donors (Lipinski definition) is 1. The first-order valence-corrected chi connectivity index (χ1v) is 10.3. The molecular weight excluding hydrogens is 459 g/mol. The van der Waals surface area contributed by atoms with Gasteiger partial charge in [-0.25, -0.2) is 23.4 Å². The summed E-state index contributed by atoms with van der Waals surface area (Å²) in [6.07, 6.45) is -3.02. The Morgan fingerprint density at radius 3 is 2.59 bits per heavy atom. The fourth-order valence-electron chi connectivity index (χ4n) is 4.30. The van der Waals surface area contributed by atoms with Crippen LogP contribution in [0, 0.1) is 13.8 Å². The zero-order valence-electron chi connectivity index (χ0n) is 18.3. The van der Waals surface area contributed by atoms with Gasteiger partial charge in [-0.2, -0.15) is 23.4 Å². The molecule has 1 fully saturated rings. The molecule has 2 aliphatic rings. The van der Waals surface area contributed by atoms with Crippen molar-refractivity contribution < 1.29 is 22.0 Å². The Bertz CT molecular complexity index is 1340. The van der Waals surface area contributed by atoms with E-state index in [1.165, 1.54) is 24.5 Å². The topological polar surface area (TPSA) is 85.8 Å². The molecule has 0 aromatic carbocycles. The summed E-state index contributed by atoms with van der Waals surface area (Å²) in [5.41, 5.74) is -0.0763. The highest BCUT2D eigenvalue weighted by atomic mass is 19.4. The second kappa shape index (κ2) is 7.43. The molecule has 1 aliphatic heterocycles. The van der Waals surface area contributed by atoms with E-state index in [9.17, 15) is 22.0 Å². The van der Waals surface area contributed by atoms with Crippen LogP contribution in [0.2, 0.25) is 0 Å². The van der Waals surface area contributed by atoms with Gasteiger partial charge in [-0.05, 0) is 32.4 Å². The minimum absolute atomic E-state index is 0.158. The van der Waals surface area contributed by atoms with Crippen LogP contribution in [0.4, 0.5) is 33.6 Å². The SMILES string of the molecule is Cc1cc(C(F)F)n(-c2cc(Nc3c(C)c(C45C=CC(C(F)(F)F)=NC4C5)nn3C)ncn2)n1. The molecule has 178 valence electrons. The highest BCUT2D eigenvalue weighted by Gasteiger charge is 2.59. The number of rotatable bonds is 5. The van der Waals surface area contributed by atoms with Crippen LogP contribution in [-0.4, -0.2) is 47.5 Å². The van der Waals surface area contributed by atoms with Crippen molar-refractivity contribution in [2.24, 2.45) is 12.0 Å². The van der Waals surface area contributed by atoms with Gasteiger partial charge in [0.15, 0.2) is 5.82 Å². The quantitative estimate of drug-likeness (QED) is 0.554. The molecule has 5 rings (SSSR count). The maximum absolute atomic E-state index is 13.4. The van der Waals surface area contributed by atoms with Gasteiger partial charge in [-0.15, -0.1) is 0 Å². The number of aromatic nitrogens is 6. The first-order valence-electron chi connectivity index (χ1n) is 10.3. The first-order chi connectivity index (χ1) is 16.0. The van der Waals surface area contributed by atoms with Crippen molar-refractivity contribution in [2.75, 3.05) is 5.32 Å². The standard InChI is InChI=1S/C21H19F5N8/c1-10-6-12(18(22)23)34(31-10)16-7-15(27-9-28-16)30-19-11(2)17(32-33(19)3)20-5-4-13(21(24,25)26)29-14(20)8-20/h4-7,9,14,18H,8H2,1-3H3,(H,27,28,30). The zero-order valence-corrected chi connectivity index (χ0v) is 18.3. The summed E-state index contributed by atoms with van der Waals surface area (Å²) in [6, 6.07) is 2.24. The molecule has 1 N–H and O–H groups in total. The molecule has 0 amide bonds. The number of fused-ring (bicyclic) bond motifs is 1. The van der Waals surface area contributed by atoms with E-state index in [0.29, 0.717) is 29.4 Å². The molecular formula is C21H19F5N8. The van der Waals surface area contributed by atoms with Gasteiger partial charge in [0.2, 0.25) is 0 Å². The van der Waals surface area contributed by atoms with Gasteiger partial charge in [-0.1, -0.05) is 6.08 Å². The highest BCUT2D eigenvalue weighted by molar-refractivity contribution is 6.01. The molecule has 34 heavy (non-hydrogen) atoms. The van der Waals surface area contributed by atoms with Gasteiger partial charge >= 0.3 is 6.18 Å². The fraction of sp³-hybridized carbons (Fsp3) is 0.381. The lowest BCUT2D eigenvalue weighted by molar-refractivity contribution is -0.0580. The predicted octanol–water partition coefficient (Wildman–Crippen LogP) is 4.28. The fourth-order valence-corrected chi connectivity index (χ4v) is 4.30. The van der Waals surface area contributed by atoms with E-state index in [0.717, 1.165) is 16.3 Å². The summed E-state index contributed by atoms with van der Waals surface area (Å²) >= 11 is 0. The van der Waals surface area contributed by atoms with Gasteiger partial charge in [0.25, 0.3) is 6.43 Å². The lowest BCUT2D eigenvalue weighted by atomic mass is 9.95. The van der Waals surface area contributed by atoms with Crippen molar-refractivity contribution in [3.05, 3.63) is 53.3 Å². The maximum Gasteiger partial charge on any atom is 0.432 e. The molecule has 2 unspecified atom stereocenters. The van der Waals surface area contributed by atoms with Crippen molar-refractivity contribution in [1.82, 2.24) is 29.5 Å². The molecule has 0 radical (unpaired) electrons. The van der Waals surface area contributed by atoms with E-state index in [-0.39, 0.29) is 11.5 Å². The molecule has 0 spiro atoms. The van der Waals surface area contributed by atoms with Gasteiger partial charge in [0, 0.05) is 18.7 Å². The molecule has 13 heteroatoms. The van der Waals surface area contributed by atoms with Crippen molar-refractivity contribution in [2.45, 2.75) is 44.3 Å². The van der Waals surface area contributed by atoms with Crippen molar-refractivity contribution >= 4 is 17.3 Å². The third-order valence-corrected chi connectivity index (χ3v) is 6.01. The number of aryl methyl sites for hydroxylation is 2. The van der Waals surface area contributed by atoms with Gasteiger partial charge in [-0.3, -0.25) is 9.67 Å². The van der Waals surface area contributed by atoms with Crippen molar-refractivity contribution in [3.63, 3.8) is 0 Å². The molecule has 0 bridgehead atoms. The number of allylic oxidation sites excluding steroid dienone is 1. The molecule has 2 atom stereocenters. The van der Waals surface area contributed by atoms with Crippen LogP contribution in [-0.2, 0) is 12.5 Å². The molecule has 1 aliphatic carbocycles. The summed E-state index contributed by atoms with van der Waals surface area (Å²) in [5.74, 6) is 1.04. The van der Waals surface area contributed by atoms with E-state index in [4.69, 9.17) is 0 Å². The Morgan fingerprint density at radius 1 is 1.15 bits per heavy atom. The number of dihydropyridines is 1. The zero-order chi connectivity index (χ0) is 24.4. The smallest absolute Gasteiger partial charge is 0.325 e. The largest absolute Gasteiger partial charge is 0.432 e. The molecule has 0 saturated heterocycles. The summed E-state index contributed by atoms with van der Waals surface area (Å²) < 4.78 is 68.4. The average Bonchev–Trinajstić information content (AvgIpc) is 3.28. The third-order valence-electron chi connectivity index (χ3n) is 6.01. The number of halogens is 5. The number of nitrogens with zero attached hydrogens (tertiary/aromatic N) is 7. The summed E-state index contributed by atoms with van der Waals surface area (Å²) in [5, 5.41) is 11.7. The Hall–Kier alpha value is -3.64. The number of alkyl halides is 5. The monoisotopic (exact) mass is 478 g/mol. The first kappa shape index (κ1) is 22.2. The van der Waals surface area contributed by atoms with E-state index >= 15 is 0 Å². The molecule has 3 aromatic rings. The van der Waals surface area contributed by atoms with Crippen LogP contribution in [0.3, 0.4) is 0 Å². The second-order valence-corrected chi connectivity index (χ2v) is 8.36. The Labute approximate surface area is 190 Å². The predicted molar refractivity (Wildman–Crippen MR) is 113 cm³/mol. The van der Waals surface area contributed by atoms with Crippen LogP contribution in [0.25, 0.3) is 5.82 Å². The molecule has 4 heterocycles. The number of aliphatic imine (C=N–C) groups is 1. The highest BCUT2D eigenvalue weighted by Crippen LogP contribution is 2.55. The minimum atomic E-state index is -4.49. The van der Waals surface area contributed by atoms with Crippen molar-refractivity contribution in [1.29, 1.82) is 0 Å². The van der Waals surface area contributed by atoms with Crippen LogP contribution < -0.4 is 5.32 Å². The van der Waals surface area contributed by atoms with Crippen LogP contribution in [0.15, 0.2) is 35.6 Å². The maximum atomic E-state index is 13.4. The number of anilines is 2. The van der Waals surface area contributed by atoms with Crippen molar-refractivity contribution in [3.8, 4) is 5.82 Å². The molecule has 1 saturated carbocycles. The summed E-state index contributed by atoms with van der Waals surface area (Å²) in [7, 11) is 1.69. The average molecular weight is 478 g/mol. The van der Waals surface area contributed by atoms with E-state index in [1.807, 2.05) is 0 Å². The second-order valence-electron chi connectivity index (χ2n) is 8.36. The number of hydrogen-bond acceptors (Lipinski definition) is 6. The van der Waals surface area contributed by atoms with Crippen LogP contribution in [0.1, 0.15) is 35.5 Å². The molecule has 8 nitrogen and oxygen atoms in total. The number of nitrogens with one attached hydrogen (secondary N) is 1. The lowest BCUT2D eigenvalue weighted by Gasteiger charge is -2.16. The van der Waals surface area contributed by atoms with Gasteiger partial charge in [0.05, 0.1) is 22.8 Å². The normalized spacial score (nSPS) is 21.6. The molecule has 3 aromatic heterocycles. The summed E-state index contributed by atoms with van der Waals surface area (Å²) in [6.45, 7) is 3.41. The Balaban J connectivity index is 1.44. The van der Waals surface area contributed by atoms with Crippen LogP contribution >= 0.6 is 0 Å².